The lowest BCUT2D eigenvalue weighted by Gasteiger charge is -2.21. The SMILES string of the molecule is CCC([C@H](C)OC(F)(F)F)S(=O)(=O)Cl. The molecule has 2 atom stereocenters. The van der Waals surface area contributed by atoms with Crippen molar-refractivity contribution in [1.82, 2.24) is 0 Å². The van der Waals surface area contributed by atoms with E-state index in [0.717, 1.165) is 6.92 Å². The summed E-state index contributed by atoms with van der Waals surface area (Å²) in [4.78, 5) is 0. The van der Waals surface area contributed by atoms with Crippen molar-refractivity contribution in [2.75, 3.05) is 0 Å². The van der Waals surface area contributed by atoms with E-state index >= 15 is 0 Å². The molecule has 0 aromatic heterocycles. The molecule has 0 saturated carbocycles. The van der Waals surface area contributed by atoms with E-state index in [1.54, 1.807) is 0 Å². The van der Waals surface area contributed by atoms with Crippen LogP contribution in [0.25, 0.3) is 0 Å². The molecule has 0 fully saturated rings. The van der Waals surface area contributed by atoms with Crippen LogP contribution in [0.1, 0.15) is 20.3 Å². The van der Waals surface area contributed by atoms with Gasteiger partial charge in [-0.15, -0.1) is 13.2 Å². The average Bonchev–Trinajstić information content (AvgIpc) is 1.79. The maximum Gasteiger partial charge on any atom is 0.522 e. The van der Waals surface area contributed by atoms with Gasteiger partial charge in [0.2, 0.25) is 9.05 Å². The second-order valence-electron chi connectivity index (χ2n) is 2.69. The smallest absolute Gasteiger partial charge is 0.287 e. The van der Waals surface area contributed by atoms with Gasteiger partial charge in [0.1, 0.15) is 5.25 Å². The number of hydrogen-bond donors (Lipinski definition) is 0. The molecule has 0 bridgehead atoms. The molecule has 0 spiro atoms. The summed E-state index contributed by atoms with van der Waals surface area (Å²) in [5.74, 6) is 0. The summed E-state index contributed by atoms with van der Waals surface area (Å²) in [5, 5.41) is -1.36. The molecule has 86 valence electrons. The number of alkyl halides is 3. The minimum Gasteiger partial charge on any atom is -0.287 e. The van der Waals surface area contributed by atoms with E-state index in [4.69, 9.17) is 10.7 Å². The molecule has 0 rings (SSSR count). The molecule has 1 unspecified atom stereocenters. The van der Waals surface area contributed by atoms with E-state index in [0.29, 0.717) is 0 Å². The van der Waals surface area contributed by atoms with Crippen molar-refractivity contribution >= 4 is 19.7 Å². The second kappa shape index (κ2) is 4.67. The fourth-order valence-corrected chi connectivity index (χ4v) is 2.77. The Balaban J connectivity index is 4.58. The van der Waals surface area contributed by atoms with Gasteiger partial charge in [-0.2, -0.15) is 0 Å². The average molecular weight is 255 g/mol. The molecular formula is C6H10ClF3O3S. The Morgan fingerprint density at radius 2 is 1.86 bits per heavy atom. The van der Waals surface area contributed by atoms with Crippen molar-refractivity contribution in [2.45, 2.75) is 38.0 Å². The van der Waals surface area contributed by atoms with Crippen LogP contribution >= 0.6 is 10.7 Å². The molecular weight excluding hydrogens is 245 g/mol. The first-order valence-corrected chi connectivity index (χ1v) is 6.13. The third kappa shape index (κ3) is 5.02. The molecule has 8 heteroatoms. The van der Waals surface area contributed by atoms with E-state index in [2.05, 4.69) is 4.74 Å². The van der Waals surface area contributed by atoms with Crippen LogP contribution in [0.3, 0.4) is 0 Å². The van der Waals surface area contributed by atoms with Crippen LogP contribution in [-0.2, 0) is 13.8 Å². The summed E-state index contributed by atoms with van der Waals surface area (Å²) in [6.07, 6.45) is -6.40. The third-order valence-electron chi connectivity index (χ3n) is 1.61. The van der Waals surface area contributed by atoms with Gasteiger partial charge in [-0.1, -0.05) is 6.92 Å². The first kappa shape index (κ1) is 14.0. The van der Waals surface area contributed by atoms with Gasteiger partial charge in [0.15, 0.2) is 0 Å². The molecule has 0 heterocycles. The van der Waals surface area contributed by atoms with E-state index in [9.17, 15) is 21.6 Å². The highest BCUT2D eigenvalue weighted by atomic mass is 35.7. The molecule has 0 aliphatic carbocycles. The zero-order chi connectivity index (χ0) is 11.6. The van der Waals surface area contributed by atoms with Crippen molar-refractivity contribution in [3.8, 4) is 0 Å². The van der Waals surface area contributed by atoms with Crippen molar-refractivity contribution < 1.29 is 26.3 Å². The zero-order valence-corrected chi connectivity index (χ0v) is 9.08. The molecule has 0 radical (unpaired) electrons. The Labute approximate surface area is 84.6 Å². The Hall–Kier alpha value is -0.0100. The van der Waals surface area contributed by atoms with Gasteiger partial charge in [-0.05, 0) is 13.3 Å². The van der Waals surface area contributed by atoms with Crippen LogP contribution in [0, 0.1) is 0 Å². The fourth-order valence-electron chi connectivity index (χ4n) is 1.05. The lowest BCUT2D eigenvalue weighted by atomic mass is 10.2. The van der Waals surface area contributed by atoms with Gasteiger partial charge in [0.05, 0.1) is 6.10 Å². The normalized spacial score (nSPS) is 17.9. The van der Waals surface area contributed by atoms with E-state index in [1.807, 2.05) is 0 Å². The molecule has 3 nitrogen and oxygen atoms in total. The third-order valence-corrected chi connectivity index (χ3v) is 3.73. The maximum absolute atomic E-state index is 11.7. The van der Waals surface area contributed by atoms with Gasteiger partial charge in [0, 0.05) is 10.7 Å². The van der Waals surface area contributed by atoms with Crippen molar-refractivity contribution in [3.05, 3.63) is 0 Å². The van der Waals surface area contributed by atoms with Crippen LogP contribution in [-0.4, -0.2) is 26.1 Å². The Morgan fingerprint density at radius 1 is 1.43 bits per heavy atom. The summed E-state index contributed by atoms with van der Waals surface area (Å²) in [7, 11) is 0.909. The monoisotopic (exact) mass is 254 g/mol. The van der Waals surface area contributed by atoms with Gasteiger partial charge < -0.3 is 0 Å². The molecule has 0 aliphatic heterocycles. The van der Waals surface area contributed by atoms with Crippen molar-refractivity contribution in [3.63, 3.8) is 0 Å². The minimum atomic E-state index is -4.85. The number of halogens is 4. The quantitative estimate of drug-likeness (QED) is 0.723. The molecule has 0 aromatic carbocycles. The standard InChI is InChI=1S/C6H10ClF3O3S/c1-3-5(14(7,11)12)4(2)13-6(8,9)10/h4-5H,3H2,1-2H3/t4-,5?/m0/s1. The number of hydrogen-bond acceptors (Lipinski definition) is 3. The lowest BCUT2D eigenvalue weighted by Crippen LogP contribution is -2.35. The van der Waals surface area contributed by atoms with E-state index in [1.165, 1.54) is 6.92 Å². The maximum atomic E-state index is 11.7. The molecule has 0 N–H and O–H groups in total. The molecule has 0 amide bonds. The largest absolute Gasteiger partial charge is 0.522 e. The Bertz CT molecular complexity index is 275. The Morgan fingerprint density at radius 3 is 2.07 bits per heavy atom. The van der Waals surface area contributed by atoms with Gasteiger partial charge >= 0.3 is 6.36 Å². The summed E-state index contributed by atoms with van der Waals surface area (Å²) >= 11 is 0. The fraction of sp³-hybridized carbons (Fsp3) is 1.00. The van der Waals surface area contributed by atoms with E-state index < -0.39 is 26.8 Å². The van der Waals surface area contributed by atoms with E-state index in [-0.39, 0.29) is 6.42 Å². The number of ether oxygens (including phenoxy) is 1. The highest BCUT2D eigenvalue weighted by molar-refractivity contribution is 8.14. The second-order valence-corrected chi connectivity index (χ2v) is 5.54. The summed E-state index contributed by atoms with van der Waals surface area (Å²) in [6.45, 7) is 2.43. The highest BCUT2D eigenvalue weighted by Crippen LogP contribution is 2.25. The Kier molecular flexibility index (Phi) is 4.67. The molecule has 0 aromatic rings. The summed E-state index contributed by atoms with van der Waals surface area (Å²) < 4.78 is 60.4. The predicted molar refractivity (Wildman–Crippen MR) is 45.5 cm³/mol. The van der Waals surface area contributed by atoms with Crippen LogP contribution in [0.5, 0.6) is 0 Å². The van der Waals surface area contributed by atoms with Crippen molar-refractivity contribution in [2.24, 2.45) is 0 Å². The van der Waals surface area contributed by atoms with Crippen molar-refractivity contribution in [1.29, 1.82) is 0 Å². The predicted octanol–water partition coefficient (Wildman–Crippen LogP) is 2.26. The van der Waals surface area contributed by atoms with Crippen LogP contribution < -0.4 is 0 Å². The van der Waals surface area contributed by atoms with Gasteiger partial charge in [0.25, 0.3) is 0 Å². The van der Waals surface area contributed by atoms with Crippen LogP contribution in [0.15, 0.2) is 0 Å². The van der Waals surface area contributed by atoms with Crippen LogP contribution in [0.4, 0.5) is 13.2 Å². The highest BCUT2D eigenvalue weighted by Gasteiger charge is 2.38. The molecule has 0 aliphatic rings. The minimum absolute atomic E-state index is 0.0386. The van der Waals surface area contributed by atoms with Crippen LogP contribution in [0.2, 0.25) is 0 Å². The lowest BCUT2D eigenvalue weighted by molar-refractivity contribution is -0.340. The first-order chi connectivity index (χ1) is 6.08. The first-order valence-electron chi connectivity index (χ1n) is 3.76. The molecule has 14 heavy (non-hydrogen) atoms. The molecule has 0 saturated heterocycles. The summed E-state index contributed by atoms with van der Waals surface area (Å²) in [5.41, 5.74) is 0. The topological polar surface area (TPSA) is 43.4 Å². The zero-order valence-electron chi connectivity index (χ0n) is 7.51. The van der Waals surface area contributed by atoms with Gasteiger partial charge in [-0.3, -0.25) is 4.74 Å². The number of rotatable bonds is 4. The van der Waals surface area contributed by atoms with Gasteiger partial charge in [-0.25, -0.2) is 8.42 Å². The summed E-state index contributed by atoms with van der Waals surface area (Å²) in [6, 6.07) is 0.